The van der Waals surface area contributed by atoms with E-state index in [1.165, 1.54) is 18.4 Å². The number of nitrogens with zero attached hydrogens (tertiary/aromatic N) is 1. The molecule has 19 heavy (non-hydrogen) atoms. The molecule has 1 aliphatic carbocycles. The van der Waals surface area contributed by atoms with Gasteiger partial charge >= 0.3 is 0 Å². The Hall–Kier alpha value is -1.71. The average molecular weight is 259 g/mol. The van der Waals surface area contributed by atoms with Crippen LogP contribution in [0.1, 0.15) is 31.2 Å². The van der Waals surface area contributed by atoms with E-state index in [4.69, 9.17) is 5.73 Å². The summed E-state index contributed by atoms with van der Waals surface area (Å²) in [4.78, 5) is 14.2. The van der Waals surface area contributed by atoms with Gasteiger partial charge in [-0.3, -0.25) is 4.79 Å². The van der Waals surface area contributed by atoms with Crippen LogP contribution in [0.2, 0.25) is 0 Å². The highest BCUT2D eigenvalue weighted by molar-refractivity contribution is 5.82. The molecule has 0 saturated heterocycles. The smallest absolute Gasteiger partial charge is 0.239 e. The quantitative estimate of drug-likeness (QED) is 0.812. The van der Waals surface area contributed by atoms with Gasteiger partial charge in [-0.2, -0.15) is 0 Å². The first kappa shape index (κ1) is 12.3. The number of amides is 1. The molecule has 0 aromatic heterocycles. The number of benzene rings is 1. The molecule has 3 rings (SSSR count). The Morgan fingerprint density at radius 3 is 2.95 bits per heavy atom. The summed E-state index contributed by atoms with van der Waals surface area (Å²) >= 11 is 0. The molecule has 4 heteroatoms. The second kappa shape index (κ2) is 5.11. The molecule has 1 fully saturated rings. The number of hydrogen-bond donors (Lipinski definition) is 2. The zero-order valence-corrected chi connectivity index (χ0v) is 11.2. The summed E-state index contributed by atoms with van der Waals surface area (Å²) in [7, 11) is 0. The van der Waals surface area contributed by atoms with Crippen molar-refractivity contribution < 1.29 is 4.79 Å². The molecular weight excluding hydrogens is 238 g/mol. The lowest BCUT2D eigenvalue weighted by molar-refractivity contribution is -0.120. The SMILES string of the molecule is Nc1ccc2c(c1)CCN2CC(=O)NC1CCCC1. The Morgan fingerprint density at radius 2 is 2.16 bits per heavy atom. The number of anilines is 2. The van der Waals surface area contributed by atoms with Gasteiger partial charge in [-0.1, -0.05) is 12.8 Å². The number of carbonyl (C=O) groups excluding carboxylic acids is 1. The fraction of sp³-hybridized carbons (Fsp3) is 0.533. The van der Waals surface area contributed by atoms with E-state index in [1.54, 1.807) is 0 Å². The largest absolute Gasteiger partial charge is 0.399 e. The highest BCUT2D eigenvalue weighted by atomic mass is 16.2. The first-order chi connectivity index (χ1) is 9.22. The molecule has 0 spiro atoms. The summed E-state index contributed by atoms with van der Waals surface area (Å²) in [6.07, 6.45) is 5.75. The van der Waals surface area contributed by atoms with Gasteiger partial charge in [0.15, 0.2) is 0 Å². The Kier molecular flexibility index (Phi) is 3.32. The summed E-state index contributed by atoms with van der Waals surface area (Å²) in [5.41, 5.74) is 9.01. The van der Waals surface area contributed by atoms with E-state index in [0.29, 0.717) is 12.6 Å². The predicted molar refractivity (Wildman–Crippen MR) is 77.2 cm³/mol. The van der Waals surface area contributed by atoms with E-state index in [-0.39, 0.29) is 5.91 Å². The average Bonchev–Trinajstić information content (AvgIpc) is 2.99. The summed E-state index contributed by atoms with van der Waals surface area (Å²) < 4.78 is 0. The Bertz CT molecular complexity index is 480. The Labute approximate surface area is 114 Å². The van der Waals surface area contributed by atoms with Crippen LogP contribution in [0, 0.1) is 0 Å². The van der Waals surface area contributed by atoms with Gasteiger partial charge in [0.05, 0.1) is 6.54 Å². The van der Waals surface area contributed by atoms with Crippen LogP contribution in [0.4, 0.5) is 11.4 Å². The molecule has 1 aliphatic heterocycles. The molecule has 0 unspecified atom stereocenters. The number of nitrogens with two attached hydrogens (primary N) is 1. The van der Waals surface area contributed by atoms with Gasteiger partial charge in [0.1, 0.15) is 0 Å². The van der Waals surface area contributed by atoms with Gasteiger partial charge in [-0.05, 0) is 43.0 Å². The van der Waals surface area contributed by atoms with E-state index in [0.717, 1.165) is 37.2 Å². The third-order valence-electron chi connectivity index (χ3n) is 4.15. The monoisotopic (exact) mass is 259 g/mol. The minimum atomic E-state index is 0.150. The maximum absolute atomic E-state index is 12.1. The van der Waals surface area contributed by atoms with Crippen LogP contribution in [0.25, 0.3) is 0 Å². The van der Waals surface area contributed by atoms with Crippen molar-refractivity contribution >= 4 is 17.3 Å². The van der Waals surface area contributed by atoms with Crippen LogP contribution in [-0.2, 0) is 11.2 Å². The third kappa shape index (κ3) is 2.67. The molecule has 0 radical (unpaired) electrons. The molecule has 3 N–H and O–H groups in total. The molecule has 1 amide bonds. The van der Waals surface area contributed by atoms with Crippen LogP contribution in [0.3, 0.4) is 0 Å². The lowest BCUT2D eigenvalue weighted by atomic mass is 10.1. The standard InChI is InChI=1S/C15H21N3O/c16-12-5-6-14-11(9-12)7-8-18(14)10-15(19)17-13-3-1-2-4-13/h5-6,9,13H,1-4,7-8,10,16H2,(H,17,19). The van der Waals surface area contributed by atoms with Crippen molar-refractivity contribution in [2.45, 2.75) is 38.1 Å². The summed E-state index contributed by atoms with van der Waals surface area (Å²) in [6, 6.07) is 6.36. The topological polar surface area (TPSA) is 58.4 Å². The van der Waals surface area contributed by atoms with Crippen molar-refractivity contribution in [1.29, 1.82) is 0 Å². The number of carbonyl (C=O) groups is 1. The van der Waals surface area contributed by atoms with Crippen molar-refractivity contribution in [3.8, 4) is 0 Å². The van der Waals surface area contributed by atoms with Gasteiger partial charge in [-0.15, -0.1) is 0 Å². The second-order valence-electron chi connectivity index (χ2n) is 5.61. The molecule has 0 bridgehead atoms. The molecule has 1 aromatic carbocycles. The van der Waals surface area contributed by atoms with Gasteiger partial charge < -0.3 is 16.0 Å². The minimum Gasteiger partial charge on any atom is -0.399 e. The number of fused-ring (bicyclic) bond motifs is 1. The van der Waals surface area contributed by atoms with E-state index < -0.39 is 0 Å². The first-order valence-corrected chi connectivity index (χ1v) is 7.15. The van der Waals surface area contributed by atoms with Gasteiger partial charge in [0.25, 0.3) is 0 Å². The molecule has 1 aromatic rings. The third-order valence-corrected chi connectivity index (χ3v) is 4.15. The normalized spacial score (nSPS) is 18.6. The molecule has 102 valence electrons. The highest BCUT2D eigenvalue weighted by Crippen LogP contribution is 2.29. The van der Waals surface area contributed by atoms with E-state index in [2.05, 4.69) is 10.2 Å². The second-order valence-corrected chi connectivity index (χ2v) is 5.61. The summed E-state index contributed by atoms with van der Waals surface area (Å²) in [5.74, 6) is 0.150. The van der Waals surface area contributed by atoms with Gasteiger partial charge in [0, 0.05) is 24.0 Å². The Balaban J connectivity index is 1.61. The first-order valence-electron chi connectivity index (χ1n) is 7.15. The van der Waals surface area contributed by atoms with Crippen molar-refractivity contribution in [3.05, 3.63) is 23.8 Å². The molecular formula is C15H21N3O. The van der Waals surface area contributed by atoms with E-state index in [1.807, 2.05) is 18.2 Å². The van der Waals surface area contributed by atoms with Crippen molar-refractivity contribution in [2.75, 3.05) is 23.7 Å². The zero-order valence-electron chi connectivity index (χ0n) is 11.2. The van der Waals surface area contributed by atoms with Crippen LogP contribution in [-0.4, -0.2) is 25.0 Å². The van der Waals surface area contributed by atoms with Crippen molar-refractivity contribution in [1.82, 2.24) is 5.32 Å². The molecule has 2 aliphatic rings. The van der Waals surface area contributed by atoms with Gasteiger partial charge in [-0.25, -0.2) is 0 Å². The van der Waals surface area contributed by atoms with Crippen LogP contribution in [0.5, 0.6) is 0 Å². The highest BCUT2D eigenvalue weighted by Gasteiger charge is 2.23. The molecule has 1 heterocycles. The predicted octanol–water partition coefficient (Wildman–Crippen LogP) is 1.69. The fourth-order valence-electron chi connectivity index (χ4n) is 3.17. The van der Waals surface area contributed by atoms with Crippen LogP contribution >= 0.6 is 0 Å². The fourth-order valence-corrected chi connectivity index (χ4v) is 3.17. The van der Waals surface area contributed by atoms with E-state index in [9.17, 15) is 4.79 Å². The summed E-state index contributed by atoms with van der Waals surface area (Å²) in [5, 5.41) is 3.14. The molecule has 1 saturated carbocycles. The van der Waals surface area contributed by atoms with E-state index >= 15 is 0 Å². The number of hydrogen-bond acceptors (Lipinski definition) is 3. The lowest BCUT2D eigenvalue weighted by Crippen LogP contribution is -2.40. The maximum atomic E-state index is 12.1. The van der Waals surface area contributed by atoms with Crippen molar-refractivity contribution in [2.24, 2.45) is 0 Å². The Morgan fingerprint density at radius 1 is 1.37 bits per heavy atom. The number of nitrogen functional groups attached to an aromatic ring is 1. The lowest BCUT2D eigenvalue weighted by Gasteiger charge is -2.20. The maximum Gasteiger partial charge on any atom is 0.239 e. The van der Waals surface area contributed by atoms with Crippen molar-refractivity contribution in [3.63, 3.8) is 0 Å². The summed E-state index contributed by atoms with van der Waals surface area (Å²) in [6.45, 7) is 1.38. The molecule has 0 atom stereocenters. The van der Waals surface area contributed by atoms with Crippen LogP contribution in [0.15, 0.2) is 18.2 Å². The number of nitrogens with one attached hydrogen (secondary N) is 1. The molecule has 4 nitrogen and oxygen atoms in total. The minimum absolute atomic E-state index is 0.150. The number of rotatable bonds is 3. The van der Waals surface area contributed by atoms with Crippen LogP contribution < -0.4 is 16.0 Å². The van der Waals surface area contributed by atoms with Gasteiger partial charge in [0.2, 0.25) is 5.91 Å². The zero-order chi connectivity index (χ0) is 13.2.